The van der Waals surface area contributed by atoms with Crippen molar-refractivity contribution in [2.75, 3.05) is 5.32 Å². The van der Waals surface area contributed by atoms with E-state index in [0.29, 0.717) is 11.3 Å². The highest BCUT2D eigenvalue weighted by Gasteiger charge is 2.35. The van der Waals surface area contributed by atoms with Crippen molar-refractivity contribution in [3.63, 3.8) is 0 Å². The Morgan fingerprint density at radius 3 is 2.67 bits per heavy atom. The average Bonchev–Trinajstić information content (AvgIpc) is 2.70. The zero-order chi connectivity index (χ0) is 15.5. The van der Waals surface area contributed by atoms with Crippen molar-refractivity contribution < 1.29 is 14.7 Å². The first-order valence-electron chi connectivity index (χ1n) is 7.26. The molecule has 1 aromatic rings. The van der Waals surface area contributed by atoms with Crippen molar-refractivity contribution >= 4 is 17.7 Å². The monoisotopic (exact) mass is 290 g/mol. The van der Waals surface area contributed by atoms with Gasteiger partial charge in [0.05, 0.1) is 6.42 Å². The summed E-state index contributed by atoms with van der Waals surface area (Å²) in [5.74, 6) is -0.915. The highest BCUT2D eigenvalue weighted by molar-refractivity contribution is 5.91. The molecule has 1 unspecified atom stereocenters. The minimum Gasteiger partial charge on any atom is -0.481 e. The lowest BCUT2D eigenvalue weighted by atomic mass is 9.87. The van der Waals surface area contributed by atoms with Crippen molar-refractivity contribution in [3.05, 3.63) is 29.8 Å². The smallest absolute Gasteiger partial charge is 0.319 e. The van der Waals surface area contributed by atoms with Crippen molar-refractivity contribution in [2.45, 2.75) is 45.6 Å². The molecule has 0 aromatic heterocycles. The molecule has 0 bridgehead atoms. The van der Waals surface area contributed by atoms with Crippen LogP contribution in [-0.2, 0) is 11.2 Å². The van der Waals surface area contributed by atoms with E-state index in [4.69, 9.17) is 5.11 Å². The summed E-state index contributed by atoms with van der Waals surface area (Å²) in [6.07, 6.45) is 3.10. The molecule has 1 aromatic carbocycles. The number of carboxylic acid groups (broad SMARTS) is 1. The number of carbonyl (C=O) groups is 2. The largest absolute Gasteiger partial charge is 0.481 e. The van der Waals surface area contributed by atoms with Gasteiger partial charge in [-0.25, -0.2) is 4.79 Å². The zero-order valence-electron chi connectivity index (χ0n) is 12.5. The third-order valence-electron chi connectivity index (χ3n) is 4.17. The molecule has 0 heterocycles. The second-order valence-corrected chi connectivity index (χ2v) is 6.26. The van der Waals surface area contributed by atoms with E-state index in [1.165, 1.54) is 0 Å². The molecule has 2 amide bonds. The van der Waals surface area contributed by atoms with Crippen LogP contribution >= 0.6 is 0 Å². The number of benzene rings is 1. The van der Waals surface area contributed by atoms with Crippen LogP contribution in [0, 0.1) is 5.41 Å². The van der Waals surface area contributed by atoms with Crippen LogP contribution in [0.15, 0.2) is 24.3 Å². The number of hydrogen-bond donors (Lipinski definition) is 3. The first-order chi connectivity index (χ1) is 9.88. The van der Waals surface area contributed by atoms with Gasteiger partial charge in [-0.05, 0) is 29.9 Å². The van der Waals surface area contributed by atoms with Gasteiger partial charge in [0.2, 0.25) is 0 Å². The first-order valence-corrected chi connectivity index (χ1v) is 7.26. The van der Waals surface area contributed by atoms with Gasteiger partial charge in [0, 0.05) is 11.7 Å². The van der Waals surface area contributed by atoms with E-state index < -0.39 is 5.97 Å². The summed E-state index contributed by atoms with van der Waals surface area (Å²) < 4.78 is 0. The predicted octanol–water partition coefficient (Wildman–Crippen LogP) is 3.01. The number of rotatable bonds is 4. The lowest BCUT2D eigenvalue weighted by Gasteiger charge is -2.28. The molecule has 0 aliphatic heterocycles. The van der Waals surface area contributed by atoms with Crippen molar-refractivity contribution in [2.24, 2.45) is 5.41 Å². The number of carbonyl (C=O) groups excluding carboxylic acids is 1. The van der Waals surface area contributed by atoms with E-state index in [-0.39, 0.29) is 23.9 Å². The number of hydrogen-bond acceptors (Lipinski definition) is 2. The van der Waals surface area contributed by atoms with Crippen LogP contribution in [-0.4, -0.2) is 23.1 Å². The normalized spacial score (nSPS) is 20.0. The lowest BCUT2D eigenvalue weighted by molar-refractivity contribution is -0.136. The maximum absolute atomic E-state index is 12.1. The van der Waals surface area contributed by atoms with Crippen LogP contribution in [0.4, 0.5) is 10.5 Å². The van der Waals surface area contributed by atoms with Crippen LogP contribution in [0.3, 0.4) is 0 Å². The Morgan fingerprint density at radius 1 is 1.33 bits per heavy atom. The van der Waals surface area contributed by atoms with Crippen molar-refractivity contribution in [1.82, 2.24) is 5.32 Å². The molecule has 3 N–H and O–H groups in total. The van der Waals surface area contributed by atoms with E-state index in [1.807, 2.05) is 0 Å². The second-order valence-electron chi connectivity index (χ2n) is 6.26. The molecule has 2 rings (SSSR count). The Labute approximate surface area is 124 Å². The number of carboxylic acids is 1. The van der Waals surface area contributed by atoms with Crippen LogP contribution in [0.25, 0.3) is 0 Å². The molecule has 1 aliphatic carbocycles. The van der Waals surface area contributed by atoms with Gasteiger partial charge in [0.25, 0.3) is 0 Å². The Balaban J connectivity index is 2.01. The number of para-hydroxylation sites is 1. The van der Waals surface area contributed by atoms with Gasteiger partial charge in [-0.15, -0.1) is 0 Å². The van der Waals surface area contributed by atoms with Gasteiger partial charge in [-0.3, -0.25) is 4.79 Å². The molecular formula is C16H22N2O3. The first kappa shape index (κ1) is 15.4. The number of anilines is 1. The van der Waals surface area contributed by atoms with E-state index in [2.05, 4.69) is 24.5 Å². The molecule has 1 aliphatic rings. The molecule has 1 fully saturated rings. The molecule has 0 spiro atoms. The van der Waals surface area contributed by atoms with Crippen molar-refractivity contribution in [3.8, 4) is 0 Å². The summed E-state index contributed by atoms with van der Waals surface area (Å²) in [7, 11) is 0. The standard InChI is InChI=1S/C16H22N2O3/c1-16(2)9-5-8-13(16)18-15(21)17-12-7-4-3-6-11(12)10-14(19)20/h3-4,6-7,13H,5,8-10H2,1-2H3,(H,19,20)(H2,17,18,21). The van der Waals surface area contributed by atoms with Crippen molar-refractivity contribution in [1.29, 1.82) is 0 Å². The van der Waals surface area contributed by atoms with E-state index in [9.17, 15) is 9.59 Å². The van der Waals surface area contributed by atoms with Gasteiger partial charge < -0.3 is 15.7 Å². The molecule has 1 saturated carbocycles. The van der Waals surface area contributed by atoms with Crippen LogP contribution in [0.1, 0.15) is 38.7 Å². The molecule has 21 heavy (non-hydrogen) atoms. The molecular weight excluding hydrogens is 268 g/mol. The highest BCUT2D eigenvalue weighted by Crippen LogP contribution is 2.37. The van der Waals surface area contributed by atoms with Gasteiger partial charge in [0.15, 0.2) is 0 Å². The maximum Gasteiger partial charge on any atom is 0.319 e. The fraction of sp³-hybridized carbons (Fsp3) is 0.500. The third-order valence-corrected chi connectivity index (χ3v) is 4.17. The van der Waals surface area contributed by atoms with Crippen LogP contribution < -0.4 is 10.6 Å². The topological polar surface area (TPSA) is 78.4 Å². The number of urea groups is 1. The van der Waals surface area contributed by atoms with E-state index in [1.54, 1.807) is 24.3 Å². The number of nitrogens with one attached hydrogen (secondary N) is 2. The van der Waals surface area contributed by atoms with Crippen LogP contribution in [0.5, 0.6) is 0 Å². The Bertz CT molecular complexity index is 540. The molecule has 114 valence electrons. The number of aliphatic carboxylic acids is 1. The fourth-order valence-corrected chi connectivity index (χ4v) is 2.87. The van der Waals surface area contributed by atoms with Gasteiger partial charge in [-0.2, -0.15) is 0 Å². The van der Waals surface area contributed by atoms with Gasteiger partial charge in [-0.1, -0.05) is 38.5 Å². The molecule has 1 atom stereocenters. The minimum atomic E-state index is -0.915. The predicted molar refractivity (Wildman–Crippen MR) is 81.4 cm³/mol. The van der Waals surface area contributed by atoms with Crippen LogP contribution in [0.2, 0.25) is 0 Å². The summed E-state index contributed by atoms with van der Waals surface area (Å²) in [6.45, 7) is 4.31. The molecule has 5 heteroatoms. The summed E-state index contributed by atoms with van der Waals surface area (Å²) >= 11 is 0. The fourth-order valence-electron chi connectivity index (χ4n) is 2.87. The maximum atomic E-state index is 12.1. The summed E-state index contributed by atoms with van der Waals surface area (Å²) in [4.78, 5) is 23.0. The SMILES string of the molecule is CC1(C)CCCC1NC(=O)Nc1ccccc1CC(=O)O. The molecule has 5 nitrogen and oxygen atoms in total. The Kier molecular flexibility index (Phi) is 4.50. The third kappa shape index (κ3) is 3.97. The highest BCUT2D eigenvalue weighted by atomic mass is 16.4. The number of amides is 2. The minimum absolute atomic E-state index is 0.106. The van der Waals surface area contributed by atoms with E-state index >= 15 is 0 Å². The Morgan fingerprint density at radius 2 is 2.05 bits per heavy atom. The zero-order valence-corrected chi connectivity index (χ0v) is 12.5. The summed E-state index contributed by atoms with van der Waals surface area (Å²) in [6, 6.07) is 6.86. The lowest BCUT2D eigenvalue weighted by Crippen LogP contribution is -2.43. The Hall–Kier alpha value is -2.04. The molecule has 0 radical (unpaired) electrons. The second kappa shape index (κ2) is 6.16. The molecule has 0 saturated heterocycles. The summed E-state index contributed by atoms with van der Waals surface area (Å²) in [5.41, 5.74) is 1.26. The van der Waals surface area contributed by atoms with Gasteiger partial charge in [0.1, 0.15) is 0 Å². The quantitative estimate of drug-likeness (QED) is 0.797. The summed E-state index contributed by atoms with van der Waals surface area (Å²) in [5, 5.41) is 14.7. The van der Waals surface area contributed by atoms with E-state index in [0.717, 1.165) is 19.3 Å². The van der Waals surface area contributed by atoms with Gasteiger partial charge >= 0.3 is 12.0 Å². The average molecular weight is 290 g/mol.